The van der Waals surface area contributed by atoms with Crippen LogP contribution in [-0.2, 0) is 10.0 Å². The van der Waals surface area contributed by atoms with Crippen molar-refractivity contribution in [2.75, 3.05) is 42.1 Å². The second-order valence-corrected chi connectivity index (χ2v) is 9.55. The zero-order valence-electron chi connectivity index (χ0n) is 15.7. The molecule has 3 aromatic rings. The van der Waals surface area contributed by atoms with Crippen molar-refractivity contribution in [3.05, 3.63) is 57.0 Å². The molecule has 1 fully saturated rings. The average molecular weight is 433 g/mol. The Morgan fingerprint density at radius 1 is 1.10 bits per heavy atom. The second kappa shape index (κ2) is 7.53. The van der Waals surface area contributed by atoms with E-state index in [0.717, 1.165) is 11.6 Å². The van der Waals surface area contributed by atoms with Crippen LogP contribution in [0.1, 0.15) is 9.67 Å². The summed E-state index contributed by atoms with van der Waals surface area (Å²) >= 11 is 1.41. The number of rotatable bonds is 4. The summed E-state index contributed by atoms with van der Waals surface area (Å²) in [7, 11) is -3.64. The number of nitrogens with zero attached hydrogens (tertiary/aromatic N) is 2. The molecule has 152 valence electrons. The lowest BCUT2D eigenvalue weighted by molar-refractivity contribution is 0.0752. The molecule has 0 radical (unpaired) electrons. The number of thiophene rings is 1. The number of carbonyl (C=O) groups is 1. The molecule has 1 aliphatic heterocycles. The molecule has 0 bridgehead atoms. The van der Waals surface area contributed by atoms with Crippen molar-refractivity contribution in [3.63, 3.8) is 0 Å². The number of para-hydroxylation sites is 1. The number of nitrogens with one attached hydrogen (secondary N) is 2. The largest absolute Gasteiger partial charge is 0.366 e. The predicted molar refractivity (Wildman–Crippen MR) is 115 cm³/mol. The van der Waals surface area contributed by atoms with Gasteiger partial charge in [0.1, 0.15) is 5.69 Å². The minimum Gasteiger partial charge on any atom is -0.366 e. The highest BCUT2D eigenvalue weighted by molar-refractivity contribution is 7.92. The maximum Gasteiger partial charge on any atom is 0.274 e. The number of benzene rings is 1. The standard InChI is InChI=1S/C19H20N4O4S2/c1-29(26,27)21-16-17(13-5-2-3-6-14(13)20-18(16)24)22-8-10-23(11-9-22)19(25)15-7-4-12-28-15/h2-7,12,21H,8-11H2,1H3,(H,20,24). The number of hydrogen-bond acceptors (Lipinski definition) is 6. The summed E-state index contributed by atoms with van der Waals surface area (Å²) in [5.74, 6) is -0.00935. The zero-order chi connectivity index (χ0) is 20.6. The third-order valence-corrected chi connectivity index (χ3v) is 6.23. The number of H-pyrrole nitrogens is 1. The quantitative estimate of drug-likeness (QED) is 0.656. The number of carbonyl (C=O) groups excluding carboxylic acids is 1. The van der Waals surface area contributed by atoms with Crippen LogP contribution in [0.2, 0.25) is 0 Å². The van der Waals surface area contributed by atoms with Gasteiger partial charge in [-0.3, -0.25) is 14.3 Å². The van der Waals surface area contributed by atoms with Crippen molar-refractivity contribution in [2.24, 2.45) is 0 Å². The first-order valence-electron chi connectivity index (χ1n) is 9.04. The van der Waals surface area contributed by atoms with Crippen LogP contribution in [0.5, 0.6) is 0 Å². The van der Waals surface area contributed by atoms with E-state index in [1.807, 2.05) is 34.5 Å². The van der Waals surface area contributed by atoms with Crippen molar-refractivity contribution in [2.45, 2.75) is 0 Å². The summed E-state index contributed by atoms with van der Waals surface area (Å²) in [6.45, 7) is 1.94. The van der Waals surface area contributed by atoms with Gasteiger partial charge in [0, 0.05) is 31.6 Å². The molecule has 0 unspecified atom stereocenters. The third-order valence-electron chi connectivity index (χ3n) is 4.80. The van der Waals surface area contributed by atoms with E-state index < -0.39 is 15.6 Å². The normalized spacial score (nSPS) is 14.9. The fourth-order valence-electron chi connectivity index (χ4n) is 3.52. The fourth-order valence-corrected chi connectivity index (χ4v) is 4.77. The summed E-state index contributed by atoms with van der Waals surface area (Å²) in [5, 5.41) is 2.62. The maximum absolute atomic E-state index is 12.6. The van der Waals surface area contributed by atoms with E-state index in [0.29, 0.717) is 42.3 Å². The van der Waals surface area contributed by atoms with Crippen molar-refractivity contribution < 1.29 is 13.2 Å². The van der Waals surface area contributed by atoms with E-state index in [9.17, 15) is 18.0 Å². The maximum atomic E-state index is 12.6. The van der Waals surface area contributed by atoms with Crippen LogP contribution in [0, 0.1) is 0 Å². The van der Waals surface area contributed by atoms with E-state index in [1.54, 1.807) is 17.0 Å². The number of pyridine rings is 1. The minimum absolute atomic E-state index is 0.00392. The van der Waals surface area contributed by atoms with Crippen LogP contribution >= 0.6 is 11.3 Å². The van der Waals surface area contributed by atoms with Crippen molar-refractivity contribution >= 4 is 49.5 Å². The molecule has 1 saturated heterocycles. The SMILES string of the molecule is CS(=O)(=O)Nc1c(N2CCN(C(=O)c3cccs3)CC2)c2ccccc2[nH]c1=O. The van der Waals surface area contributed by atoms with Crippen molar-refractivity contribution in [1.82, 2.24) is 9.88 Å². The first-order valence-corrected chi connectivity index (χ1v) is 11.8. The number of aromatic amines is 1. The summed E-state index contributed by atoms with van der Waals surface area (Å²) < 4.78 is 26.1. The minimum atomic E-state index is -3.64. The van der Waals surface area contributed by atoms with E-state index in [1.165, 1.54) is 11.3 Å². The molecule has 1 amide bonds. The van der Waals surface area contributed by atoms with Crippen LogP contribution in [0.15, 0.2) is 46.6 Å². The fraction of sp³-hybridized carbons (Fsp3) is 0.263. The Morgan fingerprint density at radius 3 is 2.48 bits per heavy atom. The molecule has 3 heterocycles. The number of aromatic nitrogens is 1. The number of amides is 1. The molecule has 0 aliphatic carbocycles. The van der Waals surface area contributed by atoms with Gasteiger partial charge >= 0.3 is 0 Å². The Morgan fingerprint density at radius 2 is 1.83 bits per heavy atom. The Hall–Kier alpha value is -2.85. The molecule has 2 N–H and O–H groups in total. The molecule has 0 atom stereocenters. The van der Waals surface area contributed by atoms with Gasteiger partial charge in [0.2, 0.25) is 10.0 Å². The molecule has 0 saturated carbocycles. The second-order valence-electron chi connectivity index (χ2n) is 6.85. The summed E-state index contributed by atoms with van der Waals surface area (Å²) in [6, 6.07) is 10.9. The molecule has 10 heteroatoms. The van der Waals surface area contributed by atoms with Gasteiger partial charge < -0.3 is 14.8 Å². The highest BCUT2D eigenvalue weighted by atomic mass is 32.2. The van der Waals surface area contributed by atoms with Gasteiger partial charge in [0.05, 0.1) is 22.3 Å². The molecule has 2 aromatic heterocycles. The lowest BCUT2D eigenvalue weighted by Crippen LogP contribution is -2.49. The summed E-state index contributed by atoms with van der Waals surface area (Å²) in [6.07, 6.45) is 1.02. The van der Waals surface area contributed by atoms with Crippen LogP contribution in [0.4, 0.5) is 11.4 Å². The molecule has 0 spiro atoms. The van der Waals surface area contributed by atoms with Crippen LogP contribution in [0.25, 0.3) is 10.9 Å². The number of sulfonamides is 1. The molecule has 1 aliphatic rings. The van der Waals surface area contributed by atoms with Crippen molar-refractivity contribution in [3.8, 4) is 0 Å². The van der Waals surface area contributed by atoms with Gasteiger partial charge in [-0.15, -0.1) is 11.3 Å². The third kappa shape index (κ3) is 3.99. The van der Waals surface area contributed by atoms with Crippen LogP contribution in [0.3, 0.4) is 0 Å². The van der Waals surface area contributed by atoms with Crippen LogP contribution in [-0.4, -0.2) is 56.6 Å². The first-order chi connectivity index (χ1) is 13.8. The number of piperazine rings is 1. The van der Waals surface area contributed by atoms with Crippen molar-refractivity contribution in [1.29, 1.82) is 0 Å². The number of anilines is 2. The van der Waals surface area contributed by atoms with Gasteiger partial charge in [-0.1, -0.05) is 24.3 Å². The van der Waals surface area contributed by atoms with E-state index in [-0.39, 0.29) is 11.6 Å². The zero-order valence-corrected chi connectivity index (χ0v) is 17.3. The number of fused-ring (bicyclic) bond motifs is 1. The lowest BCUT2D eigenvalue weighted by atomic mass is 10.1. The predicted octanol–water partition coefficient (Wildman–Crippen LogP) is 1.92. The Balaban J connectivity index is 1.69. The average Bonchev–Trinajstić information content (AvgIpc) is 3.22. The van der Waals surface area contributed by atoms with Gasteiger partial charge in [0.15, 0.2) is 0 Å². The van der Waals surface area contributed by atoms with E-state index in [2.05, 4.69) is 9.71 Å². The topological polar surface area (TPSA) is 103 Å². The first kappa shape index (κ1) is 19.5. The molecule has 1 aromatic carbocycles. The number of hydrogen-bond donors (Lipinski definition) is 2. The Kier molecular flexibility index (Phi) is 5.05. The van der Waals surface area contributed by atoms with E-state index in [4.69, 9.17) is 0 Å². The van der Waals surface area contributed by atoms with Gasteiger partial charge in [-0.05, 0) is 17.5 Å². The Bertz CT molecular complexity index is 1210. The van der Waals surface area contributed by atoms with Gasteiger partial charge in [0.25, 0.3) is 11.5 Å². The van der Waals surface area contributed by atoms with Crippen LogP contribution < -0.4 is 15.2 Å². The highest BCUT2D eigenvalue weighted by Crippen LogP contribution is 2.32. The smallest absolute Gasteiger partial charge is 0.274 e. The Labute approximate surface area is 171 Å². The molecule has 4 rings (SSSR count). The molecule has 29 heavy (non-hydrogen) atoms. The highest BCUT2D eigenvalue weighted by Gasteiger charge is 2.27. The van der Waals surface area contributed by atoms with Gasteiger partial charge in [-0.2, -0.15) is 0 Å². The summed E-state index contributed by atoms with van der Waals surface area (Å²) in [5.41, 5.74) is 0.673. The monoisotopic (exact) mass is 432 g/mol. The van der Waals surface area contributed by atoms with E-state index >= 15 is 0 Å². The summed E-state index contributed by atoms with van der Waals surface area (Å²) in [4.78, 5) is 32.4. The molecular formula is C19H20N4O4S2. The molecule has 8 nitrogen and oxygen atoms in total. The van der Waals surface area contributed by atoms with Gasteiger partial charge in [-0.25, -0.2) is 8.42 Å². The lowest BCUT2D eigenvalue weighted by Gasteiger charge is -2.37. The molecular weight excluding hydrogens is 412 g/mol.